The monoisotopic (exact) mass is 472 g/mol. The van der Waals surface area contributed by atoms with E-state index in [1.807, 2.05) is 12.1 Å². The maximum absolute atomic E-state index is 11.7. The molecule has 33 heavy (non-hydrogen) atoms. The van der Waals surface area contributed by atoms with Gasteiger partial charge in [-0.2, -0.15) is 0 Å². The van der Waals surface area contributed by atoms with Crippen molar-refractivity contribution in [3.63, 3.8) is 0 Å². The molecule has 7 nitrogen and oxygen atoms in total. The molecule has 0 saturated carbocycles. The number of carbonyl (C=O) groups is 1. The second-order valence-electron chi connectivity index (χ2n) is 8.87. The van der Waals surface area contributed by atoms with Crippen molar-refractivity contribution in [3.8, 4) is 17.2 Å². The van der Waals surface area contributed by atoms with Crippen LogP contribution in [0.5, 0.6) is 17.2 Å². The zero-order valence-electron chi connectivity index (χ0n) is 20.1. The van der Waals surface area contributed by atoms with Gasteiger partial charge < -0.3 is 29.2 Å². The van der Waals surface area contributed by atoms with Gasteiger partial charge in [-0.05, 0) is 86.9 Å². The molecule has 8 heteroatoms. The third-order valence-electron chi connectivity index (χ3n) is 5.43. The first-order valence-electron chi connectivity index (χ1n) is 10.8. The van der Waals surface area contributed by atoms with E-state index in [9.17, 15) is 4.79 Å². The van der Waals surface area contributed by atoms with Crippen LogP contribution in [-0.4, -0.2) is 56.0 Å². The molecule has 1 atom stereocenters. The van der Waals surface area contributed by atoms with Crippen molar-refractivity contribution >= 4 is 23.3 Å². The average molecular weight is 473 g/mol. The molecule has 0 bridgehead atoms. The Kier molecular flexibility index (Phi) is 7.68. The van der Waals surface area contributed by atoms with Gasteiger partial charge in [0.2, 0.25) is 0 Å². The fraction of sp³-hybridized carbons (Fsp3) is 0.440. The van der Waals surface area contributed by atoms with Gasteiger partial charge in [-0.1, -0.05) is 0 Å². The van der Waals surface area contributed by atoms with Crippen molar-refractivity contribution in [2.75, 3.05) is 34.5 Å². The summed E-state index contributed by atoms with van der Waals surface area (Å²) in [4.78, 5) is 13.9. The van der Waals surface area contributed by atoms with Crippen LogP contribution in [0.15, 0.2) is 36.4 Å². The minimum absolute atomic E-state index is 0.129. The van der Waals surface area contributed by atoms with Crippen LogP contribution in [0, 0.1) is 0 Å². The van der Waals surface area contributed by atoms with Gasteiger partial charge in [0.15, 0.2) is 16.6 Å². The van der Waals surface area contributed by atoms with E-state index in [0.717, 1.165) is 18.5 Å². The van der Waals surface area contributed by atoms with E-state index >= 15 is 0 Å². The number of rotatable bonds is 6. The van der Waals surface area contributed by atoms with E-state index in [4.69, 9.17) is 31.2 Å². The number of esters is 1. The molecular weight excluding hydrogens is 440 g/mol. The Morgan fingerprint density at radius 3 is 2.30 bits per heavy atom. The fourth-order valence-corrected chi connectivity index (χ4v) is 4.35. The van der Waals surface area contributed by atoms with Crippen molar-refractivity contribution in [1.82, 2.24) is 10.2 Å². The highest BCUT2D eigenvalue weighted by Gasteiger charge is 2.32. The number of thiocarbonyl (C=S) groups is 1. The molecular formula is C25H32N2O5S. The molecule has 178 valence electrons. The number of nitrogens with one attached hydrogen (secondary N) is 1. The lowest BCUT2D eigenvalue weighted by atomic mass is 9.92. The summed E-state index contributed by atoms with van der Waals surface area (Å²) in [6.07, 6.45) is 0.825. The third-order valence-corrected chi connectivity index (χ3v) is 5.77. The third kappa shape index (κ3) is 5.87. The van der Waals surface area contributed by atoms with E-state index in [-0.39, 0.29) is 17.6 Å². The molecule has 1 aliphatic rings. The zero-order chi connectivity index (χ0) is 24.2. The Morgan fingerprint density at radius 2 is 1.73 bits per heavy atom. The van der Waals surface area contributed by atoms with Crippen molar-refractivity contribution < 1.29 is 23.7 Å². The molecule has 0 unspecified atom stereocenters. The number of methoxy groups -OCH3 is 3. The first kappa shape index (κ1) is 24.6. The van der Waals surface area contributed by atoms with Gasteiger partial charge in [-0.15, -0.1) is 0 Å². The van der Waals surface area contributed by atoms with E-state index in [1.54, 1.807) is 38.5 Å². The highest BCUT2D eigenvalue weighted by molar-refractivity contribution is 7.80. The summed E-state index contributed by atoms with van der Waals surface area (Å²) in [6, 6.07) is 10.8. The largest absolute Gasteiger partial charge is 0.493 e. The molecule has 0 saturated heterocycles. The van der Waals surface area contributed by atoms with Gasteiger partial charge in [0.05, 0.1) is 32.9 Å². The SMILES string of the molecule is COC(=O)c1ccc(OC[C@@H]2c3cc(OC)c(OC)cc3CCN2C(=S)NC(C)(C)C)cc1. The molecule has 1 aliphatic heterocycles. The molecule has 0 fully saturated rings. The molecule has 0 radical (unpaired) electrons. The predicted octanol–water partition coefficient (Wildman–Crippen LogP) is 4.14. The van der Waals surface area contributed by atoms with Crippen LogP contribution in [0.2, 0.25) is 0 Å². The maximum Gasteiger partial charge on any atom is 0.337 e. The summed E-state index contributed by atoms with van der Waals surface area (Å²) in [5.41, 5.74) is 2.58. The van der Waals surface area contributed by atoms with Crippen molar-refractivity contribution in [2.24, 2.45) is 0 Å². The Bertz CT molecular complexity index is 1000. The number of hydrogen-bond acceptors (Lipinski definition) is 6. The Morgan fingerprint density at radius 1 is 1.09 bits per heavy atom. The first-order valence-corrected chi connectivity index (χ1v) is 11.2. The maximum atomic E-state index is 11.7. The van der Waals surface area contributed by atoms with Crippen molar-refractivity contribution in [2.45, 2.75) is 38.8 Å². The molecule has 2 aromatic rings. The molecule has 1 heterocycles. The van der Waals surface area contributed by atoms with Crippen LogP contribution >= 0.6 is 12.2 Å². The fourth-order valence-electron chi connectivity index (χ4n) is 3.82. The highest BCUT2D eigenvalue weighted by Crippen LogP contribution is 2.38. The highest BCUT2D eigenvalue weighted by atomic mass is 32.1. The summed E-state index contributed by atoms with van der Waals surface area (Å²) in [7, 11) is 4.63. The summed E-state index contributed by atoms with van der Waals surface area (Å²) in [5, 5.41) is 4.10. The van der Waals surface area contributed by atoms with Crippen LogP contribution in [0.3, 0.4) is 0 Å². The predicted molar refractivity (Wildman–Crippen MR) is 131 cm³/mol. The topological polar surface area (TPSA) is 69.3 Å². The Balaban J connectivity index is 1.90. The number of ether oxygens (including phenoxy) is 4. The summed E-state index contributed by atoms with van der Waals surface area (Å²) in [5.74, 6) is 1.65. The van der Waals surface area contributed by atoms with Crippen molar-refractivity contribution in [3.05, 3.63) is 53.1 Å². The van der Waals surface area contributed by atoms with E-state index < -0.39 is 0 Å². The Labute approximate surface area is 201 Å². The molecule has 0 amide bonds. The smallest absolute Gasteiger partial charge is 0.337 e. The summed E-state index contributed by atoms with van der Waals surface area (Å²) >= 11 is 5.78. The molecule has 3 rings (SSSR count). The molecule has 1 N–H and O–H groups in total. The summed E-state index contributed by atoms with van der Waals surface area (Å²) < 4.78 is 22.0. The lowest BCUT2D eigenvalue weighted by molar-refractivity contribution is 0.0600. The van der Waals surface area contributed by atoms with Gasteiger partial charge in [-0.3, -0.25) is 0 Å². The second kappa shape index (κ2) is 10.3. The van der Waals surface area contributed by atoms with Crippen LogP contribution in [0.25, 0.3) is 0 Å². The molecule has 0 spiro atoms. The average Bonchev–Trinajstić information content (AvgIpc) is 2.80. The van der Waals surface area contributed by atoms with E-state index in [0.29, 0.717) is 34.5 Å². The zero-order valence-corrected chi connectivity index (χ0v) is 20.9. The van der Waals surface area contributed by atoms with Gasteiger partial charge in [-0.25, -0.2) is 4.79 Å². The molecule has 0 aliphatic carbocycles. The number of hydrogen-bond donors (Lipinski definition) is 1. The summed E-state index contributed by atoms with van der Waals surface area (Å²) in [6.45, 7) is 7.37. The van der Waals surface area contributed by atoms with Gasteiger partial charge in [0.25, 0.3) is 0 Å². The minimum atomic E-state index is -0.381. The normalized spacial score (nSPS) is 15.3. The quantitative estimate of drug-likeness (QED) is 0.497. The van der Waals surface area contributed by atoms with Gasteiger partial charge >= 0.3 is 5.97 Å². The van der Waals surface area contributed by atoms with Crippen LogP contribution < -0.4 is 19.5 Å². The number of nitrogens with zero attached hydrogens (tertiary/aromatic N) is 1. The minimum Gasteiger partial charge on any atom is -0.493 e. The van der Waals surface area contributed by atoms with E-state index in [2.05, 4.69) is 31.0 Å². The number of fused-ring (bicyclic) bond motifs is 1. The lowest BCUT2D eigenvalue weighted by Gasteiger charge is -2.41. The lowest BCUT2D eigenvalue weighted by Crippen LogP contribution is -2.52. The van der Waals surface area contributed by atoms with E-state index in [1.165, 1.54) is 12.7 Å². The number of benzene rings is 2. The Hall–Kier alpha value is -3.00. The van der Waals surface area contributed by atoms with Crippen LogP contribution in [0.4, 0.5) is 0 Å². The molecule has 0 aromatic heterocycles. The standard InChI is InChI=1S/C25H32N2O5S/c1-25(2,3)26-24(33)27-12-11-17-13-21(29-4)22(30-5)14-19(17)20(27)15-32-18-9-7-16(8-10-18)23(28)31-6/h7-10,13-14,20H,11-12,15H2,1-6H3,(H,26,33)/t20-/m1/s1. The van der Waals surface area contributed by atoms with Crippen molar-refractivity contribution in [1.29, 1.82) is 0 Å². The number of carbonyl (C=O) groups excluding carboxylic acids is 1. The molecule has 2 aromatic carbocycles. The van der Waals surface area contributed by atoms with Gasteiger partial charge in [0, 0.05) is 12.1 Å². The van der Waals surface area contributed by atoms with Crippen LogP contribution in [-0.2, 0) is 11.2 Å². The second-order valence-corrected chi connectivity index (χ2v) is 9.26. The van der Waals surface area contributed by atoms with Gasteiger partial charge in [0.1, 0.15) is 12.4 Å². The van der Waals surface area contributed by atoms with Crippen LogP contribution in [0.1, 0.15) is 48.3 Å². The first-order chi connectivity index (χ1) is 15.7.